The summed E-state index contributed by atoms with van der Waals surface area (Å²) < 4.78 is 36.5. The second kappa shape index (κ2) is 5.33. The van der Waals surface area contributed by atoms with Crippen LogP contribution in [0.25, 0.3) is 0 Å². The molecule has 0 radical (unpaired) electrons. The molecule has 1 aromatic rings. The molecule has 20 heavy (non-hydrogen) atoms. The Morgan fingerprint density at radius 3 is 2.60 bits per heavy atom. The lowest BCUT2D eigenvalue weighted by atomic mass is 10.1. The zero-order valence-corrected chi connectivity index (χ0v) is 12.8. The fraction of sp³-hybridized carbons (Fsp3) is 0.462. The van der Waals surface area contributed by atoms with Gasteiger partial charge < -0.3 is 4.90 Å². The van der Waals surface area contributed by atoms with Crippen LogP contribution in [0.3, 0.4) is 0 Å². The summed E-state index contributed by atoms with van der Waals surface area (Å²) in [6, 6.07) is 2.47. The van der Waals surface area contributed by atoms with E-state index in [1.165, 1.54) is 13.0 Å². The largest absolute Gasteiger partial charge is 0.336 e. The van der Waals surface area contributed by atoms with Crippen LogP contribution in [-0.2, 0) is 9.05 Å². The van der Waals surface area contributed by atoms with Crippen LogP contribution in [0.1, 0.15) is 35.7 Å². The molecule has 0 aromatic heterocycles. The van der Waals surface area contributed by atoms with Crippen molar-refractivity contribution in [2.45, 2.75) is 37.6 Å². The third-order valence-electron chi connectivity index (χ3n) is 3.54. The van der Waals surface area contributed by atoms with Gasteiger partial charge in [-0.15, -0.1) is 0 Å². The van der Waals surface area contributed by atoms with Crippen LogP contribution >= 0.6 is 10.7 Å². The van der Waals surface area contributed by atoms with Crippen molar-refractivity contribution in [2.75, 3.05) is 6.54 Å². The highest BCUT2D eigenvalue weighted by atomic mass is 35.7. The number of rotatable bonds is 2. The van der Waals surface area contributed by atoms with Crippen LogP contribution in [0.15, 0.2) is 17.0 Å². The Bertz CT molecular complexity index is 660. The molecule has 1 heterocycles. The van der Waals surface area contributed by atoms with Crippen LogP contribution in [-0.4, -0.2) is 31.8 Å². The molecular weight excluding hydrogens is 305 g/mol. The number of hydrogen-bond donors (Lipinski definition) is 0. The summed E-state index contributed by atoms with van der Waals surface area (Å²) in [5, 5.41) is 0. The summed E-state index contributed by atoms with van der Waals surface area (Å²) in [5.74, 6) is -1.20. The third kappa shape index (κ3) is 2.81. The zero-order valence-electron chi connectivity index (χ0n) is 11.2. The van der Waals surface area contributed by atoms with Gasteiger partial charge in [-0.25, -0.2) is 12.8 Å². The second-order valence-electron chi connectivity index (χ2n) is 5.03. The Labute approximate surface area is 121 Å². The van der Waals surface area contributed by atoms with E-state index in [2.05, 4.69) is 0 Å². The molecule has 1 aromatic carbocycles. The maximum Gasteiger partial charge on any atom is 0.264 e. The van der Waals surface area contributed by atoms with Gasteiger partial charge in [-0.2, -0.15) is 0 Å². The van der Waals surface area contributed by atoms with E-state index >= 15 is 0 Å². The molecule has 1 fully saturated rings. The first-order valence-electron chi connectivity index (χ1n) is 6.27. The standard InChI is InChI=1S/C13H15ClFNO3S/c1-8-6-10(7-11(12(8)15)20(14,18)19)13(17)16-5-3-4-9(16)2/h6-7,9H,3-5H2,1-2H3. The lowest BCUT2D eigenvalue weighted by Gasteiger charge is -2.22. The maximum atomic E-state index is 13.8. The van der Waals surface area contributed by atoms with Gasteiger partial charge in [-0.3, -0.25) is 4.79 Å². The van der Waals surface area contributed by atoms with Gasteiger partial charge >= 0.3 is 0 Å². The summed E-state index contributed by atoms with van der Waals surface area (Å²) in [6.45, 7) is 3.96. The lowest BCUT2D eigenvalue weighted by Crippen LogP contribution is -2.33. The first-order chi connectivity index (χ1) is 9.21. The minimum absolute atomic E-state index is 0.0851. The van der Waals surface area contributed by atoms with E-state index in [1.807, 2.05) is 6.92 Å². The number of likely N-dealkylation sites (tertiary alicyclic amines) is 1. The van der Waals surface area contributed by atoms with Gasteiger partial charge in [-0.05, 0) is 44.4 Å². The third-order valence-corrected chi connectivity index (χ3v) is 4.87. The molecule has 0 bridgehead atoms. The van der Waals surface area contributed by atoms with Gasteiger partial charge in [0.2, 0.25) is 0 Å². The van der Waals surface area contributed by atoms with Gasteiger partial charge in [0.25, 0.3) is 15.0 Å². The van der Waals surface area contributed by atoms with E-state index in [0.29, 0.717) is 6.54 Å². The van der Waals surface area contributed by atoms with Crippen LogP contribution < -0.4 is 0 Å². The number of halogens is 2. The lowest BCUT2D eigenvalue weighted by molar-refractivity contribution is 0.0747. The molecule has 7 heteroatoms. The predicted octanol–water partition coefficient (Wildman–Crippen LogP) is 2.69. The Morgan fingerprint density at radius 1 is 1.45 bits per heavy atom. The van der Waals surface area contributed by atoms with E-state index in [0.717, 1.165) is 18.9 Å². The fourth-order valence-corrected chi connectivity index (χ4v) is 3.42. The number of amides is 1. The molecule has 0 saturated carbocycles. The fourth-order valence-electron chi connectivity index (χ4n) is 2.44. The maximum absolute atomic E-state index is 13.8. The van der Waals surface area contributed by atoms with E-state index in [9.17, 15) is 17.6 Å². The molecular formula is C13H15ClFNO3S. The molecule has 1 aliphatic rings. The smallest absolute Gasteiger partial charge is 0.264 e. The van der Waals surface area contributed by atoms with E-state index < -0.39 is 19.8 Å². The molecule has 1 atom stereocenters. The average Bonchev–Trinajstić information content (AvgIpc) is 2.76. The minimum Gasteiger partial charge on any atom is -0.336 e. The van der Waals surface area contributed by atoms with Gasteiger partial charge in [0.15, 0.2) is 0 Å². The Balaban J connectivity index is 2.48. The van der Waals surface area contributed by atoms with Crippen molar-refractivity contribution in [2.24, 2.45) is 0 Å². The van der Waals surface area contributed by atoms with Gasteiger partial charge in [0.05, 0.1) is 0 Å². The van der Waals surface area contributed by atoms with Crippen molar-refractivity contribution in [1.82, 2.24) is 4.90 Å². The zero-order chi connectivity index (χ0) is 15.1. The van der Waals surface area contributed by atoms with Crippen LogP contribution in [0.4, 0.5) is 4.39 Å². The van der Waals surface area contributed by atoms with Gasteiger partial charge in [-0.1, -0.05) is 0 Å². The molecule has 4 nitrogen and oxygen atoms in total. The molecule has 110 valence electrons. The SMILES string of the molecule is Cc1cc(C(=O)N2CCCC2C)cc(S(=O)(=O)Cl)c1F. The van der Waals surface area contributed by atoms with Crippen molar-refractivity contribution in [3.05, 3.63) is 29.1 Å². The van der Waals surface area contributed by atoms with Crippen molar-refractivity contribution in [1.29, 1.82) is 0 Å². The van der Waals surface area contributed by atoms with Gasteiger partial charge in [0.1, 0.15) is 10.7 Å². The summed E-state index contributed by atoms with van der Waals surface area (Å²) in [4.78, 5) is 13.4. The molecule has 1 amide bonds. The number of carbonyl (C=O) groups is 1. The Morgan fingerprint density at radius 2 is 2.10 bits per heavy atom. The van der Waals surface area contributed by atoms with E-state index in [-0.39, 0.29) is 23.1 Å². The van der Waals surface area contributed by atoms with E-state index in [1.54, 1.807) is 4.90 Å². The van der Waals surface area contributed by atoms with Crippen molar-refractivity contribution in [3.8, 4) is 0 Å². The molecule has 0 aliphatic carbocycles. The van der Waals surface area contributed by atoms with Crippen molar-refractivity contribution >= 4 is 25.6 Å². The Kier molecular flexibility index (Phi) is 4.07. The monoisotopic (exact) mass is 319 g/mol. The van der Waals surface area contributed by atoms with Gasteiger partial charge in [0, 0.05) is 28.8 Å². The first kappa shape index (κ1) is 15.3. The number of carbonyl (C=O) groups excluding carboxylic acids is 1. The highest BCUT2D eigenvalue weighted by molar-refractivity contribution is 8.13. The summed E-state index contributed by atoms with van der Waals surface area (Å²) in [6.07, 6.45) is 1.82. The Hall–Kier alpha value is -1.14. The van der Waals surface area contributed by atoms with Crippen LogP contribution in [0.5, 0.6) is 0 Å². The molecule has 1 saturated heterocycles. The second-order valence-corrected chi connectivity index (χ2v) is 7.57. The number of hydrogen-bond acceptors (Lipinski definition) is 3. The molecule has 0 spiro atoms. The van der Waals surface area contributed by atoms with Crippen molar-refractivity contribution < 1.29 is 17.6 Å². The molecule has 0 N–H and O–H groups in total. The summed E-state index contributed by atoms with van der Waals surface area (Å²) in [5.41, 5.74) is 0.235. The van der Waals surface area contributed by atoms with Crippen LogP contribution in [0, 0.1) is 12.7 Å². The molecule has 1 aliphatic heterocycles. The number of aryl methyl sites for hydroxylation is 1. The average molecular weight is 320 g/mol. The highest BCUT2D eigenvalue weighted by Crippen LogP contribution is 2.26. The number of nitrogens with zero attached hydrogens (tertiary/aromatic N) is 1. The number of benzene rings is 1. The minimum atomic E-state index is -4.22. The van der Waals surface area contributed by atoms with Crippen LogP contribution in [0.2, 0.25) is 0 Å². The topological polar surface area (TPSA) is 54.5 Å². The predicted molar refractivity (Wildman–Crippen MR) is 73.9 cm³/mol. The summed E-state index contributed by atoms with van der Waals surface area (Å²) >= 11 is 0. The summed E-state index contributed by atoms with van der Waals surface area (Å²) in [7, 11) is 0.986. The first-order valence-corrected chi connectivity index (χ1v) is 8.58. The van der Waals surface area contributed by atoms with E-state index in [4.69, 9.17) is 10.7 Å². The van der Waals surface area contributed by atoms with Crippen molar-refractivity contribution in [3.63, 3.8) is 0 Å². The highest BCUT2D eigenvalue weighted by Gasteiger charge is 2.28. The normalized spacial score (nSPS) is 19.4. The molecule has 2 rings (SSSR count). The quantitative estimate of drug-likeness (QED) is 0.788. The molecule has 1 unspecified atom stereocenters.